The number of aryl methyl sites for hydroxylation is 1. The molecule has 14 heavy (non-hydrogen) atoms. The highest BCUT2D eigenvalue weighted by atomic mass is 16.6. The van der Waals surface area contributed by atoms with Gasteiger partial charge in [0.25, 0.3) is 0 Å². The van der Waals surface area contributed by atoms with E-state index in [1.807, 2.05) is 34.0 Å². The zero-order valence-electron chi connectivity index (χ0n) is 9.07. The fraction of sp³-hybridized carbons (Fsp3) is 0.600. The normalized spacial score (nSPS) is 11.4. The van der Waals surface area contributed by atoms with E-state index in [1.165, 1.54) is 0 Å². The molecule has 0 aliphatic carbocycles. The minimum Gasteiger partial charge on any atom is -0.460 e. The summed E-state index contributed by atoms with van der Waals surface area (Å²) in [6.45, 7) is 5.55. The van der Waals surface area contributed by atoms with Gasteiger partial charge in [-0.25, -0.2) is 4.98 Å². The number of aromatic nitrogens is 2. The molecule has 0 spiro atoms. The molecule has 0 saturated carbocycles. The third-order valence-electron chi connectivity index (χ3n) is 1.50. The fourth-order valence-corrected chi connectivity index (χ4v) is 1.08. The van der Waals surface area contributed by atoms with Crippen molar-refractivity contribution in [3.63, 3.8) is 0 Å². The van der Waals surface area contributed by atoms with Crippen molar-refractivity contribution in [3.05, 3.63) is 18.2 Å². The summed E-state index contributed by atoms with van der Waals surface area (Å²) < 4.78 is 6.97. The minimum absolute atomic E-state index is 0.234. The average molecular weight is 196 g/mol. The SMILES string of the molecule is Cn1cnc(CC(=O)OC(C)(C)C)c1. The van der Waals surface area contributed by atoms with Crippen LogP contribution in [0.2, 0.25) is 0 Å². The van der Waals surface area contributed by atoms with E-state index in [4.69, 9.17) is 4.74 Å². The summed E-state index contributed by atoms with van der Waals surface area (Å²) in [7, 11) is 1.87. The van der Waals surface area contributed by atoms with Crippen LogP contribution in [0.5, 0.6) is 0 Å². The lowest BCUT2D eigenvalue weighted by Gasteiger charge is -2.18. The number of imidazole rings is 1. The average Bonchev–Trinajstić information content (AvgIpc) is 2.30. The molecule has 4 heteroatoms. The Morgan fingerprint density at radius 2 is 2.21 bits per heavy atom. The zero-order chi connectivity index (χ0) is 10.8. The molecule has 4 nitrogen and oxygen atoms in total. The molecule has 1 rings (SSSR count). The van der Waals surface area contributed by atoms with Gasteiger partial charge in [0.1, 0.15) is 5.60 Å². The smallest absolute Gasteiger partial charge is 0.312 e. The number of esters is 1. The van der Waals surface area contributed by atoms with E-state index in [0.717, 1.165) is 5.69 Å². The highest BCUT2D eigenvalue weighted by Crippen LogP contribution is 2.08. The first-order valence-electron chi connectivity index (χ1n) is 4.55. The van der Waals surface area contributed by atoms with Crippen LogP contribution >= 0.6 is 0 Å². The topological polar surface area (TPSA) is 44.1 Å². The molecule has 0 aliphatic rings. The van der Waals surface area contributed by atoms with Crippen LogP contribution < -0.4 is 0 Å². The Labute approximate surface area is 83.9 Å². The first kappa shape index (κ1) is 10.8. The molecule has 78 valence electrons. The summed E-state index contributed by atoms with van der Waals surface area (Å²) in [5.74, 6) is -0.240. The predicted molar refractivity (Wildman–Crippen MR) is 52.8 cm³/mol. The van der Waals surface area contributed by atoms with Crippen molar-refractivity contribution in [1.82, 2.24) is 9.55 Å². The maximum absolute atomic E-state index is 11.4. The Kier molecular flexibility index (Phi) is 2.93. The second-order valence-electron chi connectivity index (χ2n) is 4.29. The highest BCUT2D eigenvalue weighted by Gasteiger charge is 2.16. The van der Waals surface area contributed by atoms with Gasteiger partial charge in [0.15, 0.2) is 0 Å². The number of ether oxygens (including phenoxy) is 1. The molecule has 1 aromatic rings. The van der Waals surface area contributed by atoms with Gasteiger partial charge in [0.05, 0.1) is 18.4 Å². The summed E-state index contributed by atoms with van der Waals surface area (Å²) in [6.07, 6.45) is 3.71. The molecular weight excluding hydrogens is 180 g/mol. The summed E-state index contributed by atoms with van der Waals surface area (Å²) in [5, 5.41) is 0. The maximum Gasteiger partial charge on any atom is 0.312 e. The van der Waals surface area contributed by atoms with Crippen LogP contribution in [0, 0.1) is 0 Å². The number of nitrogens with zero attached hydrogens (tertiary/aromatic N) is 2. The maximum atomic E-state index is 11.4. The Bertz CT molecular complexity index is 323. The van der Waals surface area contributed by atoms with E-state index in [2.05, 4.69) is 4.98 Å². The highest BCUT2D eigenvalue weighted by molar-refractivity contribution is 5.72. The standard InChI is InChI=1S/C10H16N2O2/c1-10(2,3)14-9(13)5-8-6-12(4)7-11-8/h6-7H,5H2,1-4H3. The molecule has 0 unspecified atom stereocenters. The monoisotopic (exact) mass is 196 g/mol. The van der Waals surface area contributed by atoms with Crippen LogP contribution in [0.15, 0.2) is 12.5 Å². The zero-order valence-corrected chi connectivity index (χ0v) is 9.07. The van der Waals surface area contributed by atoms with E-state index in [9.17, 15) is 4.79 Å². The molecule has 0 bridgehead atoms. The molecule has 1 aromatic heterocycles. The van der Waals surface area contributed by atoms with Crippen molar-refractivity contribution in [2.75, 3.05) is 0 Å². The van der Waals surface area contributed by atoms with E-state index in [-0.39, 0.29) is 12.4 Å². The largest absolute Gasteiger partial charge is 0.460 e. The number of hydrogen-bond acceptors (Lipinski definition) is 3. The molecule has 0 radical (unpaired) electrons. The summed E-state index contributed by atoms with van der Waals surface area (Å²) in [4.78, 5) is 15.4. The second-order valence-corrected chi connectivity index (χ2v) is 4.29. The van der Waals surface area contributed by atoms with Gasteiger partial charge in [-0.1, -0.05) is 0 Å². The third-order valence-corrected chi connectivity index (χ3v) is 1.50. The number of rotatable bonds is 2. The van der Waals surface area contributed by atoms with E-state index in [1.54, 1.807) is 10.9 Å². The molecule has 0 amide bonds. The lowest BCUT2D eigenvalue weighted by atomic mass is 10.2. The second kappa shape index (κ2) is 3.82. The van der Waals surface area contributed by atoms with Crippen molar-refractivity contribution in [3.8, 4) is 0 Å². The summed E-state index contributed by atoms with van der Waals surface area (Å²) in [6, 6.07) is 0. The summed E-state index contributed by atoms with van der Waals surface area (Å²) in [5.41, 5.74) is 0.313. The van der Waals surface area contributed by atoms with Gasteiger partial charge in [0.2, 0.25) is 0 Å². The van der Waals surface area contributed by atoms with Crippen molar-refractivity contribution in [2.24, 2.45) is 7.05 Å². The van der Waals surface area contributed by atoms with Gasteiger partial charge in [0, 0.05) is 13.2 Å². The predicted octanol–water partition coefficient (Wildman–Crippen LogP) is 1.30. The van der Waals surface area contributed by atoms with Gasteiger partial charge in [-0.15, -0.1) is 0 Å². The molecule has 0 aromatic carbocycles. The lowest BCUT2D eigenvalue weighted by molar-refractivity contribution is -0.153. The fourth-order valence-electron chi connectivity index (χ4n) is 1.08. The van der Waals surface area contributed by atoms with Gasteiger partial charge in [-0.2, -0.15) is 0 Å². The molecule has 0 aliphatic heterocycles. The Balaban J connectivity index is 2.50. The number of hydrogen-bond donors (Lipinski definition) is 0. The lowest BCUT2D eigenvalue weighted by Crippen LogP contribution is -2.24. The van der Waals surface area contributed by atoms with Crippen LogP contribution in [-0.2, 0) is 23.0 Å². The first-order chi connectivity index (χ1) is 6.37. The van der Waals surface area contributed by atoms with Crippen molar-refractivity contribution >= 4 is 5.97 Å². The molecule has 0 N–H and O–H groups in total. The molecular formula is C10H16N2O2. The van der Waals surface area contributed by atoms with Gasteiger partial charge >= 0.3 is 5.97 Å². The van der Waals surface area contributed by atoms with Gasteiger partial charge in [-0.3, -0.25) is 4.79 Å². The number of carbonyl (C=O) groups excluding carboxylic acids is 1. The Morgan fingerprint density at radius 1 is 1.57 bits per heavy atom. The first-order valence-corrected chi connectivity index (χ1v) is 4.55. The van der Waals surface area contributed by atoms with E-state index >= 15 is 0 Å². The third kappa shape index (κ3) is 3.60. The van der Waals surface area contributed by atoms with Crippen LogP contribution in [0.3, 0.4) is 0 Å². The van der Waals surface area contributed by atoms with Crippen molar-refractivity contribution in [1.29, 1.82) is 0 Å². The Morgan fingerprint density at radius 3 is 2.64 bits per heavy atom. The van der Waals surface area contributed by atoms with E-state index < -0.39 is 5.60 Å². The number of carbonyl (C=O) groups is 1. The summed E-state index contributed by atoms with van der Waals surface area (Å²) >= 11 is 0. The van der Waals surface area contributed by atoms with Crippen LogP contribution in [0.1, 0.15) is 26.5 Å². The molecule has 0 fully saturated rings. The van der Waals surface area contributed by atoms with Crippen LogP contribution in [0.4, 0.5) is 0 Å². The van der Waals surface area contributed by atoms with Crippen LogP contribution in [-0.4, -0.2) is 21.1 Å². The molecule has 0 atom stereocenters. The van der Waals surface area contributed by atoms with Gasteiger partial charge in [-0.05, 0) is 20.8 Å². The molecule has 0 saturated heterocycles. The van der Waals surface area contributed by atoms with Crippen molar-refractivity contribution < 1.29 is 9.53 Å². The quantitative estimate of drug-likeness (QED) is 0.670. The van der Waals surface area contributed by atoms with Crippen LogP contribution in [0.25, 0.3) is 0 Å². The van der Waals surface area contributed by atoms with Crippen molar-refractivity contribution in [2.45, 2.75) is 32.8 Å². The minimum atomic E-state index is -0.425. The Hall–Kier alpha value is -1.32. The molecule has 1 heterocycles. The van der Waals surface area contributed by atoms with Gasteiger partial charge < -0.3 is 9.30 Å². The van der Waals surface area contributed by atoms with E-state index in [0.29, 0.717) is 0 Å².